The van der Waals surface area contributed by atoms with Crippen LogP contribution < -0.4 is 0 Å². The minimum atomic E-state index is 0.931. The van der Waals surface area contributed by atoms with Gasteiger partial charge in [0.25, 0.3) is 0 Å². The van der Waals surface area contributed by atoms with E-state index in [1.54, 1.807) is 0 Å². The Labute approximate surface area is 71.6 Å². The van der Waals surface area contributed by atoms with Crippen molar-refractivity contribution < 1.29 is 0 Å². The number of hydrogen-bond donors (Lipinski definition) is 0. The predicted molar refractivity (Wildman–Crippen MR) is 50.1 cm³/mol. The van der Waals surface area contributed by atoms with E-state index in [1.165, 1.54) is 36.8 Å². The van der Waals surface area contributed by atoms with E-state index in [0.717, 1.165) is 5.08 Å². The molecule has 0 aliphatic rings. The molecular weight excluding hydrogens is 162 g/mol. The molecule has 3 heteroatoms. The van der Waals surface area contributed by atoms with Crippen molar-refractivity contribution in [1.29, 1.82) is 5.26 Å². The van der Waals surface area contributed by atoms with Crippen LogP contribution in [0.2, 0.25) is 0 Å². The van der Waals surface area contributed by atoms with Gasteiger partial charge in [0.05, 0.1) is 5.08 Å². The van der Waals surface area contributed by atoms with Crippen LogP contribution in [0.15, 0.2) is 0 Å². The highest BCUT2D eigenvalue weighted by atomic mass is 32.2. The fourth-order valence-corrected chi connectivity index (χ4v) is 2.00. The second kappa shape index (κ2) is 9.19. The summed E-state index contributed by atoms with van der Waals surface area (Å²) in [4.78, 5) is 0. The smallest absolute Gasteiger partial charge is 0.134 e. The Morgan fingerprint density at radius 3 is 2.80 bits per heavy atom. The van der Waals surface area contributed by atoms with Gasteiger partial charge in [0.15, 0.2) is 0 Å². The number of thiocyanates is 1. The van der Waals surface area contributed by atoms with Gasteiger partial charge in [0.1, 0.15) is 5.40 Å². The largest absolute Gasteiger partial charge is 0.185 e. The lowest BCUT2D eigenvalue weighted by Gasteiger charge is -1.95. The number of unbranched alkanes of at least 4 members (excludes halogenated alkanes) is 2. The third kappa shape index (κ3) is 8.19. The molecule has 1 nitrogen and oxygen atoms in total. The molecule has 0 aliphatic carbocycles. The first-order valence-corrected chi connectivity index (χ1v) is 5.64. The molecule has 0 saturated carbocycles. The average Bonchev–Trinajstić information content (AvgIpc) is 1.97. The van der Waals surface area contributed by atoms with Crippen molar-refractivity contribution in [2.75, 3.05) is 10.8 Å². The molecule has 0 unspecified atom stereocenters. The molecule has 0 bridgehead atoms. The molecule has 0 radical (unpaired) electrons. The van der Waals surface area contributed by atoms with Crippen LogP contribution in [0, 0.1) is 10.7 Å². The van der Waals surface area contributed by atoms with E-state index in [2.05, 4.69) is 12.3 Å². The molecule has 10 heavy (non-hydrogen) atoms. The summed E-state index contributed by atoms with van der Waals surface area (Å²) in [5.41, 5.74) is 0. The number of hydrogen-bond acceptors (Lipinski definition) is 3. The zero-order valence-electron chi connectivity index (χ0n) is 6.30. The van der Waals surface area contributed by atoms with E-state index in [4.69, 9.17) is 5.26 Å². The summed E-state index contributed by atoms with van der Waals surface area (Å²) < 4.78 is 0. The van der Waals surface area contributed by atoms with Gasteiger partial charge in [-0.05, 0) is 23.9 Å². The summed E-state index contributed by atoms with van der Waals surface area (Å²) >= 11 is 3.19. The van der Waals surface area contributed by atoms with Crippen LogP contribution >= 0.6 is 23.5 Å². The molecule has 0 aromatic rings. The topological polar surface area (TPSA) is 23.8 Å². The van der Waals surface area contributed by atoms with Gasteiger partial charge in [0, 0.05) is 0 Å². The van der Waals surface area contributed by atoms with Crippen molar-refractivity contribution in [2.24, 2.45) is 0 Å². The number of nitrogens with zero attached hydrogens (tertiary/aromatic N) is 1. The molecule has 0 atom stereocenters. The van der Waals surface area contributed by atoms with Crippen LogP contribution in [0.4, 0.5) is 0 Å². The molecule has 0 heterocycles. The SMILES string of the molecule is CCCCCSCSC#N. The monoisotopic (exact) mass is 175 g/mol. The molecule has 0 saturated heterocycles. The Balaban J connectivity index is 2.72. The third-order valence-electron chi connectivity index (χ3n) is 1.10. The van der Waals surface area contributed by atoms with Gasteiger partial charge in [-0.25, -0.2) is 0 Å². The van der Waals surface area contributed by atoms with Crippen molar-refractivity contribution in [1.82, 2.24) is 0 Å². The molecule has 0 rings (SSSR count). The molecule has 0 aromatic carbocycles. The summed E-state index contributed by atoms with van der Waals surface area (Å²) in [5.74, 6) is 1.21. The molecule has 0 aromatic heterocycles. The number of rotatable bonds is 6. The van der Waals surface area contributed by atoms with Crippen LogP contribution in [0.1, 0.15) is 26.2 Å². The van der Waals surface area contributed by atoms with E-state index >= 15 is 0 Å². The van der Waals surface area contributed by atoms with E-state index in [0.29, 0.717) is 0 Å². The number of thioether (sulfide) groups is 2. The van der Waals surface area contributed by atoms with E-state index in [1.807, 2.05) is 11.8 Å². The fourth-order valence-electron chi connectivity index (χ4n) is 0.581. The maximum Gasteiger partial charge on any atom is 0.134 e. The van der Waals surface area contributed by atoms with Gasteiger partial charge in [-0.3, -0.25) is 0 Å². The molecule has 0 fully saturated rings. The normalized spacial score (nSPS) is 9.20. The predicted octanol–water partition coefficient (Wildman–Crippen LogP) is 3.08. The van der Waals surface area contributed by atoms with Crippen LogP contribution in [-0.4, -0.2) is 10.8 Å². The molecular formula is C7H13NS2. The van der Waals surface area contributed by atoms with Gasteiger partial charge in [0.2, 0.25) is 0 Å². The average molecular weight is 175 g/mol. The van der Waals surface area contributed by atoms with E-state index in [-0.39, 0.29) is 0 Å². The van der Waals surface area contributed by atoms with Gasteiger partial charge in [-0.2, -0.15) is 5.26 Å². The molecule has 0 amide bonds. The van der Waals surface area contributed by atoms with Gasteiger partial charge in [-0.1, -0.05) is 19.8 Å². The van der Waals surface area contributed by atoms with Crippen LogP contribution in [0.5, 0.6) is 0 Å². The van der Waals surface area contributed by atoms with E-state index in [9.17, 15) is 0 Å². The highest BCUT2D eigenvalue weighted by Gasteiger charge is 1.87. The minimum absolute atomic E-state index is 0.931. The van der Waals surface area contributed by atoms with Gasteiger partial charge in [-0.15, -0.1) is 11.8 Å². The zero-order valence-corrected chi connectivity index (χ0v) is 7.93. The minimum Gasteiger partial charge on any atom is -0.185 e. The summed E-state index contributed by atoms with van der Waals surface area (Å²) in [5, 5.41) is 11.2. The molecule has 0 aliphatic heterocycles. The van der Waals surface area contributed by atoms with Crippen molar-refractivity contribution in [3.8, 4) is 5.40 Å². The lowest BCUT2D eigenvalue weighted by Crippen LogP contribution is -1.79. The van der Waals surface area contributed by atoms with Crippen molar-refractivity contribution in [2.45, 2.75) is 26.2 Å². The summed E-state index contributed by atoms with van der Waals surface area (Å²) in [6, 6.07) is 0. The Morgan fingerprint density at radius 2 is 2.20 bits per heavy atom. The van der Waals surface area contributed by atoms with Gasteiger partial charge >= 0.3 is 0 Å². The first-order chi connectivity index (χ1) is 4.91. The highest BCUT2D eigenvalue weighted by Crippen LogP contribution is 2.12. The Kier molecular flexibility index (Phi) is 9.36. The molecule has 0 N–H and O–H groups in total. The summed E-state index contributed by atoms with van der Waals surface area (Å²) in [6.45, 7) is 2.20. The Bertz CT molecular complexity index is 98.3. The lowest BCUT2D eigenvalue weighted by molar-refractivity contribution is 0.779. The van der Waals surface area contributed by atoms with Crippen LogP contribution in [0.25, 0.3) is 0 Å². The van der Waals surface area contributed by atoms with Crippen LogP contribution in [-0.2, 0) is 0 Å². The third-order valence-corrected chi connectivity index (χ3v) is 2.94. The standard InChI is InChI=1S/C7H13NS2/c1-2-3-4-5-9-7-10-6-8/h2-5,7H2,1H3. The lowest BCUT2D eigenvalue weighted by atomic mass is 10.3. The first-order valence-electron chi connectivity index (χ1n) is 3.50. The van der Waals surface area contributed by atoms with E-state index < -0.39 is 0 Å². The van der Waals surface area contributed by atoms with Gasteiger partial charge < -0.3 is 0 Å². The number of nitriles is 1. The van der Waals surface area contributed by atoms with Crippen molar-refractivity contribution in [3.05, 3.63) is 0 Å². The second-order valence-corrected chi connectivity index (χ2v) is 4.20. The zero-order chi connectivity index (χ0) is 7.66. The Hall–Kier alpha value is 0.190. The quantitative estimate of drug-likeness (QED) is 0.352. The summed E-state index contributed by atoms with van der Waals surface area (Å²) in [6.07, 6.45) is 3.91. The maximum atomic E-state index is 8.17. The maximum absolute atomic E-state index is 8.17. The molecule has 58 valence electrons. The molecule has 0 spiro atoms. The van der Waals surface area contributed by atoms with Crippen LogP contribution in [0.3, 0.4) is 0 Å². The Morgan fingerprint density at radius 1 is 1.40 bits per heavy atom. The second-order valence-electron chi connectivity index (χ2n) is 1.97. The first kappa shape index (κ1) is 10.2. The summed E-state index contributed by atoms with van der Waals surface area (Å²) in [7, 11) is 0. The van der Waals surface area contributed by atoms with Crippen molar-refractivity contribution in [3.63, 3.8) is 0 Å². The highest BCUT2D eigenvalue weighted by molar-refractivity contribution is 8.18. The van der Waals surface area contributed by atoms with Crippen molar-refractivity contribution >= 4 is 23.5 Å². The fraction of sp³-hybridized carbons (Fsp3) is 0.857.